The van der Waals surface area contributed by atoms with E-state index in [-0.39, 0.29) is 17.0 Å². The minimum Gasteiger partial charge on any atom is -0.293 e. The van der Waals surface area contributed by atoms with E-state index in [9.17, 15) is 13.6 Å². The zero-order chi connectivity index (χ0) is 12.4. The van der Waals surface area contributed by atoms with Gasteiger partial charge >= 0.3 is 0 Å². The SMILES string of the molecule is CC(=O)c1cccc(-c2ccc(F)cc2F)n1. The van der Waals surface area contributed by atoms with Gasteiger partial charge < -0.3 is 0 Å². The monoisotopic (exact) mass is 233 g/mol. The molecule has 1 aromatic heterocycles. The van der Waals surface area contributed by atoms with E-state index in [1.54, 1.807) is 18.2 Å². The Balaban J connectivity index is 2.53. The van der Waals surface area contributed by atoms with E-state index in [0.717, 1.165) is 12.1 Å². The van der Waals surface area contributed by atoms with E-state index in [1.165, 1.54) is 13.0 Å². The summed E-state index contributed by atoms with van der Waals surface area (Å²) in [4.78, 5) is 15.2. The quantitative estimate of drug-likeness (QED) is 0.745. The maximum absolute atomic E-state index is 13.5. The van der Waals surface area contributed by atoms with Gasteiger partial charge in [0.15, 0.2) is 5.78 Å². The Bertz CT molecular complexity index is 581. The fraction of sp³-hybridized carbons (Fsp3) is 0.0769. The first kappa shape index (κ1) is 11.4. The van der Waals surface area contributed by atoms with Crippen LogP contribution in [-0.4, -0.2) is 10.8 Å². The van der Waals surface area contributed by atoms with Gasteiger partial charge in [-0.1, -0.05) is 6.07 Å². The van der Waals surface area contributed by atoms with Crippen LogP contribution in [0.3, 0.4) is 0 Å². The Labute approximate surface area is 96.9 Å². The molecule has 0 radical (unpaired) electrons. The van der Waals surface area contributed by atoms with Gasteiger partial charge in [-0.3, -0.25) is 4.79 Å². The number of ketones is 1. The summed E-state index contributed by atoms with van der Waals surface area (Å²) in [5, 5.41) is 0. The number of carbonyl (C=O) groups excluding carboxylic acids is 1. The smallest absolute Gasteiger partial charge is 0.178 e. The predicted molar refractivity (Wildman–Crippen MR) is 59.6 cm³/mol. The third-order valence-electron chi connectivity index (χ3n) is 2.32. The number of rotatable bonds is 2. The van der Waals surface area contributed by atoms with Gasteiger partial charge in [-0.05, 0) is 24.3 Å². The van der Waals surface area contributed by atoms with Crippen molar-refractivity contribution in [3.8, 4) is 11.3 Å². The summed E-state index contributed by atoms with van der Waals surface area (Å²) in [5.41, 5.74) is 0.746. The average Bonchev–Trinajstić information content (AvgIpc) is 2.29. The number of carbonyl (C=O) groups is 1. The molecule has 2 aromatic rings. The molecule has 0 spiro atoms. The van der Waals surface area contributed by atoms with Gasteiger partial charge in [0.2, 0.25) is 0 Å². The highest BCUT2D eigenvalue weighted by Gasteiger charge is 2.09. The summed E-state index contributed by atoms with van der Waals surface area (Å²) in [6, 6.07) is 7.98. The number of Topliss-reactive ketones (excluding diaryl/α,β-unsaturated/α-hetero) is 1. The van der Waals surface area contributed by atoms with Crippen LogP contribution >= 0.6 is 0 Å². The number of benzene rings is 1. The van der Waals surface area contributed by atoms with Crippen LogP contribution in [0.1, 0.15) is 17.4 Å². The Morgan fingerprint density at radius 3 is 2.59 bits per heavy atom. The average molecular weight is 233 g/mol. The molecule has 0 N–H and O–H groups in total. The van der Waals surface area contributed by atoms with Crippen LogP contribution in [0.4, 0.5) is 8.78 Å². The molecule has 0 saturated heterocycles. The first-order valence-electron chi connectivity index (χ1n) is 5.01. The molecule has 0 bridgehead atoms. The largest absolute Gasteiger partial charge is 0.293 e. The molecule has 0 fully saturated rings. The number of pyridine rings is 1. The number of halogens is 2. The van der Waals surface area contributed by atoms with Gasteiger partial charge in [-0.15, -0.1) is 0 Å². The van der Waals surface area contributed by atoms with Crippen molar-refractivity contribution < 1.29 is 13.6 Å². The van der Waals surface area contributed by atoms with Crippen molar-refractivity contribution in [1.29, 1.82) is 0 Å². The Morgan fingerprint density at radius 2 is 1.94 bits per heavy atom. The molecule has 0 atom stereocenters. The molecule has 0 aliphatic rings. The maximum atomic E-state index is 13.5. The number of hydrogen-bond acceptors (Lipinski definition) is 2. The van der Waals surface area contributed by atoms with Crippen molar-refractivity contribution >= 4 is 5.78 Å². The molecular weight excluding hydrogens is 224 g/mol. The van der Waals surface area contributed by atoms with Gasteiger partial charge in [-0.25, -0.2) is 13.8 Å². The van der Waals surface area contributed by atoms with Crippen LogP contribution in [0.5, 0.6) is 0 Å². The predicted octanol–water partition coefficient (Wildman–Crippen LogP) is 3.23. The van der Waals surface area contributed by atoms with Crippen molar-refractivity contribution in [1.82, 2.24) is 4.98 Å². The zero-order valence-electron chi connectivity index (χ0n) is 9.08. The van der Waals surface area contributed by atoms with Crippen molar-refractivity contribution in [2.24, 2.45) is 0 Å². The topological polar surface area (TPSA) is 30.0 Å². The molecule has 2 rings (SSSR count). The van der Waals surface area contributed by atoms with Crippen molar-refractivity contribution in [2.45, 2.75) is 6.92 Å². The van der Waals surface area contributed by atoms with E-state index in [2.05, 4.69) is 4.98 Å². The Morgan fingerprint density at radius 1 is 1.18 bits per heavy atom. The molecule has 1 heterocycles. The van der Waals surface area contributed by atoms with Gasteiger partial charge in [0, 0.05) is 18.6 Å². The van der Waals surface area contributed by atoms with E-state index < -0.39 is 11.6 Å². The Kier molecular flexibility index (Phi) is 2.95. The number of aromatic nitrogens is 1. The van der Waals surface area contributed by atoms with Gasteiger partial charge in [0.1, 0.15) is 17.3 Å². The molecule has 2 nitrogen and oxygen atoms in total. The van der Waals surface area contributed by atoms with Crippen LogP contribution in [0.15, 0.2) is 36.4 Å². The van der Waals surface area contributed by atoms with Gasteiger partial charge in [0.05, 0.1) is 5.69 Å². The summed E-state index contributed by atoms with van der Waals surface area (Å²) in [6.45, 7) is 1.38. The highest BCUT2D eigenvalue weighted by molar-refractivity contribution is 5.92. The van der Waals surface area contributed by atoms with Crippen molar-refractivity contribution in [2.75, 3.05) is 0 Å². The molecule has 0 unspecified atom stereocenters. The van der Waals surface area contributed by atoms with Crippen molar-refractivity contribution in [3.63, 3.8) is 0 Å². The first-order valence-corrected chi connectivity index (χ1v) is 5.01. The number of hydrogen-bond donors (Lipinski definition) is 0. The van der Waals surface area contributed by atoms with Crippen LogP contribution in [0.2, 0.25) is 0 Å². The van der Waals surface area contributed by atoms with E-state index in [1.807, 2.05) is 0 Å². The molecule has 4 heteroatoms. The van der Waals surface area contributed by atoms with Crippen LogP contribution < -0.4 is 0 Å². The fourth-order valence-corrected chi connectivity index (χ4v) is 1.48. The third kappa shape index (κ3) is 2.36. The first-order chi connectivity index (χ1) is 8.08. The molecule has 86 valence electrons. The minimum atomic E-state index is -0.696. The number of nitrogens with zero attached hydrogens (tertiary/aromatic N) is 1. The standard InChI is InChI=1S/C13H9F2NO/c1-8(17)12-3-2-4-13(16-12)10-6-5-9(14)7-11(10)15/h2-7H,1H3. The molecule has 1 aromatic carbocycles. The zero-order valence-corrected chi connectivity index (χ0v) is 9.08. The van der Waals surface area contributed by atoms with E-state index >= 15 is 0 Å². The lowest BCUT2D eigenvalue weighted by atomic mass is 10.1. The van der Waals surface area contributed by atoms with Gasteiger partial charge in [0.25, 0.3) is 0 Å². The highest BCUT2D eigenvalue weighted by Crippen LogP contribution is 2.21. The second-order valence-electron chi connectivity index (χ2n) is 3.59. The minimum absolute atomic E-state index is 0.175. The van der Waals surface area contributed by atoms with Crippen LogP contribution in [-0.2, 0) is 0 Å². The summed E-state index contributed by atoms with van der Waals surface area (Å²) < 4.78 is 26.3. The normalized spacial score (nSPS) is 10.3. The van der Waals surface area contributed by atoms with Crippen LogP contribution in [0, 0.1) is 11.6 Å². The molecule has 0 saturated carbocycles. The summed E-state index contributed by atoms with van der Waals surface area (Å²) in [7, 11) is 0. The Hall–Kier alpha value is -2.10. The molecule has 0 amide bonds. The van der Waals surface area contributed by atoms with Crippen LogP contribution in [0.25, 0.3) is 11.3 Å². The maximum Gasteiger partial charge on any atom is 0.178 e. The second kappa shape index (κ2) is 4.41. The summed E-state index contributed by atoms with van der Waals surface area (Å²) >= 11 is 0. The fourth-order valence-electron chi connectivity index (χ4n) is 1.48. The lowest BCUT2D eigenvalue weighted by molar-refractivity contribution is 0.101. The summed E-state index contributed by atoms with van der Waals surface area (Å²) in [6.07, 6.45) is 0. The molecule has 0 aliphatic heterocycles. The molecule has 0 aliphatic carbocycles. The van der Waals surface area contributed by atoms with Crippen molar-refractivity contribution in [3.05, 3.63) is 53.7 Å². The highest BCUT2D eigenvalue weighted by atomic mass is 19.1. The van der Waals surface area contributed by atoms with Gasteiger partial charge in [-0.2, -0.15) is 0 Å². The third-order valence-corrected chi connectivity index (χ3v) is 2.32. The summed E-state index contributed by atoms with van der Waals surface area (Å²) in [5.74, 6) is -1.54. The van der Waals surface area contributed by atoms with E-state index in [0.29, 0.717) is 5.69 Å². The second-order valence-corrected chi connectivity index (χ2v) is 3.59. The lowest BCUT2D eigenvalue weighted by Crippen LogP contribution is -1.98. The van der Waals surface area contributed by atoms with E-state index in [4.69, 9.17) is 0 Å². The molecular formula is C13H9F2NO. The lowest BCUT2D eigenvalue weighted by Gasteiger charge is -2.04. The molecule has 17 heavy (non-hydrogen) atoms.